The third kappa shape index (κ3) is 3.13. The van der Waals surface area contributed by atoms with Crippen LogP contribution in [0.15, 0.2) is 27.5 Å². The fourth-order valence-corrected chi connectivity index (χ4v) is 2.50. The highest BCUT2D eigenvalue weighted by Crippen LogP contribution is 2.33. The number of nitrogens with zero attached hydrogens (tertiary/aromatic N) is 3. The number of rotatable bonds is 4. The molecule has 12 heteroatoms. The van der Waals surface area contributed by atoms with Crippen molar-refractivity contribution >= 4 is 25.4 Å². The van der Waals surface area contributed by atoms with Gasteiger partial charge in [-0.1, -0.05) is 0 Å². The maximum atomic E-state index is 12.4. The lowest BCUT2D eigenvalue weighted by Gasteiger charge is -2.02. The number of hydrogen-bond acceptors (Lipinski definition) is 7. The summed E-state index contributed by atoms with van der Waals surface area (Å²) in [5, 5.41) is 16.9. The average molecular weight is 340 g/mol. The second kappa shape index (κ2) is 5.33. The molecule has 0 aliphatic rings. The van der Waals surface area contributed by atoms with Crippen molar-refractivity contribution in [2.75, 3.05) is 0 Å². The van der Waals surface area contributed by atoms with Crippen molar-refractivity contribution in [2.45, 2.75) is 11.3 Å². The van der Waals surface area contributed by atoms with E-state index in [-0.39, 0.29) is 5.56 Å². The first kappa shape index (κ1) is 15.3. The summed E-state index contributed by atoms with van der Waals surface area (Å²) in [6, 6.07) is 2.59. The van der Waals surface area contributed by atoms with Crippen LogP contribution in [0.2, 0.25) is 0 Å². The molecule has 0 aliphatic heterocycles. The van der Waals surface area contributed by atoms with Crippen molar-refractivity contribution in [2.24, 2.45) is 0 Å². The topological polar surface area (TPSA) is 116 Å². The van der Waals surface area contributed by atoms with E-state index in [0.717, 1.165) is 12.1 Å². The number of alkyl halides is 2. The largest absolute Gasteiger partial charge is 0.415 e. The van der Waals surface area contributed by atoms with E-state index in [9.17, 15) is 27.3 Å². The Kier molecular flexibility index (Phi) is 3.87. The Morgan fingerprint density at radius 3 is 2.48 bits per heavy atom. The molecule has 0 unspecified atom stereocenters. The van der Waals surface area contributed by atoms with Crippen LogP contribution in [0.4, 0.5) is 14.5 Å². The van der Waals surface area contributed by atoms with E-state index in [4.69, 9.17) is 10.7 Å². The van der Waals surface area contributed by atoms with Gasteiger partial charge in [0.05, 0.1) is 10.5 Å². The molecule has 0 saturated carbocycles. The predicted octanol–water partition coefficient (Wildman–Crippen LogP) is 2.51. The predicted molar refractivity (Wildman–Crippen MR) is 64.4 cm³/mol. The van der Waals surface area contributed by atoms with Gasteiger partial charge in [-0.15, -0.1) is 10.2 Å². The van der Waals surface area contributed by atoms with Gasteiger partial charge in [-0.25, -0.2) is 8.42 Å². The zero-order valence-electron chi connectivity index (χ0n) is 9.73. The fraction of sp³-hybridized carbons (Fsp3) is 0.111. The number of hydrogen-bond donors (Lipinski definition) is 0. The zero-order chi connectivity index (χ0) is 15.8. The van der Waals surface area contributed by atoms with Crippen molar-refractivity contribution in [1.82, 2.24) is 10.2 Å². The summed E-state index contributed by atoms with van der Waals surface area (Å²) in [7, 11) is 0.775. The number of aromatic nitrogens is 2. The highest BCUT2D eigenvalue weighted by molar-refractivity contribution is 8.13. The van der Waals surface area contributed by atoms with Crippen LogP contribution in [-0.4, -0.2) is 23.5 Å². The molecule has 8 nitrogen and oxygen atoms in total. The Labute approximate surface area is 119 Å². The molecular formula is C9H4ClF2N3O5S. The molecule has 2 aromatic rings. The van der Waals surface area contributed by atoms with Crippen molar-refractivity contribution < 1.29 is 26.5 Å². The summed E-state index contributed by atoms with van der Waals surface area (Å²) >= 11 is 0. The molecule has 21 heavy (non-hydrogen) atoms. The molecule has 112 valence electrons. The number of benzene rings is 1. The van der Waals surface area contributed by atoms with Gasteiger partial charge >= 0.3 is 6.43 Å². The summed E-state index contributed by atoms with van der Waals surface area (Å²) in [6.07, 6.45) is -3.04. The summed E-state index contributed by atoms with van der Waals surface area (Å²) in [5.74, 6) is -1.55. The van der Waals surface area contributed by atoms with Crippen molar-refractivity contribution in [3.8, 4) is 11.5 Å². The average Bonchev–Trinajstić information content (AvgIpc) is 2.86. The first-order chi connectivity index (χ1) is 9.70. The van der Waals surface area contributed by atoms with Crippen LogP contribution < -0.4 is 0 Å². The van der Waals surface area contributed by atoms with Crippen LogP contribution in [0.1, 0.15) is 12.3 Å². The van der Waals surface area contributed by atoms with Gasteiger partial charge in [0, 0.05) is 22.8 Å². The Hall–Kier alpha value is -2.14. The maximum absolute atomic E-state index is 12.4. The van der Waals surface area contributed by atoms with Crippen LogP contribution in [0.3, 0.4) is 0 Å². The minimum atomic E-state index is -4.40. The van der Waals surface area contributed by atoms with Gasteiger partial charge in [-0.05, 0) is 6.07 Å². The van der Waals surface area contributed by atoms with Crippen molar-refractivity contribution in [1.29, 1.82) is 0 Å². The van der Waals surface area contributed by atoms with Crippen LogP contribution in [0.25, 0.3) is 11.5 Å². The van der Waals surface area contributed by atoms with Gasteiger partial charge in [0.2, 0.25) is 5.89 Å². The van der Waals surface area contributed by atoms with Gasteiger partial charge in [-0.3, -0.25) is 10.1 Å². The molecule has 0 bridgehead atoms. The third-order valence-corrected chi connectivity index (χ3v) is 3.66. The standard InChI is InChI=1S/C9H4ClF2N3O5S/c10-21(18,19)6-3-4(15(16)17)1-2-5(6)8-13-14-9(20-8)7(11)12/h1-3,7H. The zero-order valence-corrected chi connectivity index (χ0v) is 11.3. The van der Waals surface area contributed by atoms with E-state index in [1.807, 2.05) is 0 Å². The molecule has 0 fully saturated rings. The van der Waals surface area contributed by atoms with Crippen molar-refractivity contribution in [3.63, 3.8) is 0 Å². The molecule has 1 heterocycles. The maximum Gasteiger partial charge on any atom is 0.314 e. The van der Waals surface area contributed by atoms with E-state index in [1.54, 1.807) is 0 Å². The van der Waals surface area contributed by atoms with Crippen LogP contribution in [0.5, 0.6) is 0 Å². The molecular weight excluding hydrogens is 336 g/mol. The lowest BCUT2D eigenvalue weighted by molar-refractivity contribution is -0.385. The van der Waals surface area contributed by atoms with Gasteiger partial charge in [0.25, 0.3) is 20.6 Å². The lowest BCUT2D eigenvalue weighted by atomic mass is 10.2. The summed E-state index contributed by atoms with van der Waals surface area (Å²) in [6.45, 7) is 0. The molecule has 0 saturated heterocycles. The minimum Gasteiger partial charge on any atom is -0.415 e. The highest BCUT2D eigenvalue weighted by atomic mass is 35.7. The number of nitro benzene ring substituents is 1. The molecule has 0 spiro atoms. The second-order valence-corrected chi connectivity index (χ2v) is 6.16. The SMILES string of the molecule is O=[N+]([O-])c1ccc(-c2nnc(C(F)F)o2)c(S(=O)(=O)Cl)c1. The van der Waals surface area contributed by atoms with Crippen molar-refractivity contribution in [3.05, 3.63) is 34.2 Å². The van der Waals surface area contributed by atoms with E-state index in [2.05, 4.69) is 14.6 Å². The number of halogens is 3. The molecule has 0 aliphatic carbocycles. The van der Waals surface area contributed by atoms with Crippen LogP contribution >= 0.6 is 10.7 Å². The number of nitro groups is 1. The molecule has 1 aromatic heterocycles. The van der Waals surface area contributed by atoms with E-state index in [0.29, 0.717) is 6.07 Å². The second-order valence-electron chi connectivity index (χ2n) is 3.62. The lowest BCUT2D eigenvalue weighted by Crippen LogP contribution is -1.97. The Morgan fingerprint density at radius 1 is 1.33 bits per heavy atom. The van der Waals surface area contributed by atoms with Gasteiger partial charge in [-0.2, -0.15) is 8.78 Å². The van der Waals surface area contributed by atoms with Crippen LogP contribution in [0, 0.1) is 10.1 Å². The summed E-state index contributed by atoms with van der Waals surface area (Å²) in [4.78, 5) is 9.11. The molecule has 0 N–H and O–H groups in total. The van der Waals surface area contributed by atoms with Gasteiger partial charge in [0.15, 0.2) is 0 Å². The molecule has 0 radical (unpaired) electrons. The van der Waals surface area contributed by atoms with Gasteiger partial charge in [0.1, 0.15) is 4.90 Å². The first-order valence-electron chi connectivity index (χ1n) is 5.05. The Balaban J connectivity index is 2.65. The third-order valence-electron chi connectivity index (χ3n) is 2.30. The normalized spacial score (nSPS) is 11.8. The molecule has 0 atom stereocenters. The molecule has 1 aromatic carbocycles. The first-order valence-corrected chi connectivity index (χ1v) is 7.36. The highest BCUT2D eigenvalue weighted by Gasteiger charge is 2.25. The number of non-ortho nitro benzene ring substituents is 1. The summed E-state index contributed by atoms with van der Waals surface area (Å²) in [5.41, 5.74) is -0.860. The Bertz CT molecular complexity index is 807. The van der Waals surface area contributed by atoms with Gasteiger partial charge < -0.3 is 4.42 Å². The fourth-order valence-electron chi connectivity index (χ4n) is 1.43. The minimum absolute atomic E-state index is 0.310. The molecule has 0 amide bonds. The quantitative estimate of drug-likeness (QED) is 0.477. The molecule has 2 rings (SSSR count). The van der Waals surface area contributed by atoms with E-state index >= 15 is 0 Å². The Morgan fingerprint density at radius 2 is 2.00 bits per heavy atom. The van der Waals surface area contributed by atoms with E-state index in [1.165, 1.54) is 0 Å². The smallest absolute Gasteiger partial charge is 0.314 e. The van der Waals surface area contributed by atoms with E-state index < -0.39 is 42.8 Å². The van der Waals surface area contributed by atoms with Crippen LogP contribution in [-0.2, 0) is 9.05 Å². The monoisotopic (exact) mass is 339 g/mol. The summed E-state index contributed by atoms with van der Waals surface area (Å²) < 4.78 is 52.2.